The Morgan fingerprint density at radius 3 is 1.25 bits per heavy atom. The van der Waals surface area contributed by atoms with Crippen molar-refractivity contribution in [1.82, 2.24) is 5.32 Å². The van der Waals surface area contributed by atoms with Crippen LogP contribution in [-0.4, -0.2) is 67.8 Å². The van der Waals surface area contributed by atoms with E-state index in [0.717, 1.165) is 0 Å². The summed E-state index contributed by atoms with van der Waals surface area (Å²) in [7, 11) is -21.7. The van der Waals surface area contributed by atoms with Gasteiger partial charge in [0.05, 0.1) is 12.8 Å². The molecule has 16 nitrogen and oxygen atoms in total. The summed E-state index contributed by atoms with van der Waals surface area (Å²) >= 11 is 0. The molecule has 0 saturated carbocycles. The second-order valence-electron chi connectivity index (χ2n) is 3.96. The van der Waals surface area contributed by atoms with Gasteiger partial charge in [-0.05, 0) is 0 Å². The third-order valence-corrected chi connectivity index (χ3v) is 9.78. The van der Waals surface area contributed by atoms with Crippen molar-refractivity contribution >= 4 is 36.4 Å². The molecule has 24 heavy (non-hydrogen) atoms. The lowest BCUT2D eigenvalue weighted by molar-refractivity contribution is -0.135. The minimum absolute atomic E-state index is 0.439. The van der Waals surface area contributed by atoms with E-state index in [4.69, 9.17) is 44.3 Å². The van der Waals surface area contributed by atoms with E-state index in [-0.39, 0.29) is 0 Å². The number of hydrogen-bond acceptors (Lipinski definition) is 7. The fourth-order valence-corrected chi connectivity index (χ4v) is 5.29. The van der Waals surface area contributed by atoms with Crippen LogP contribution in [-0.2, 0) is 23.1 Å². The molecule has 0 aromatic carbocycles. The van der Waals surface area contributed by atoms with E-state index >= 15 is 0 Å². The molecule has 0 amide bonds. The molecular formula is C4H16N2O14P4. The fraction of sp³-hybridized carbons (Fsp3) is 0.750. The van der Waals surface area contributed by atoms with Crippen molar-refractivity contribution in [1.29, 1.82) is 0 Å². The second-order valence-corrected chi connectivity index (χ2v) is 12.0. The van der Waals surface area contributed by atoms with Crippen molar-refractivity contribution in [2.45, 2.75) is 4.76 Å². The summed E-state index contributed by atoms with van der Waals surface area (Å²) in [6.07, 6.45) is -0.598. The van der Waals surface area contributed by atoms with Crippen LogP contribution >= 0.6 is 30.4 Å². The molecule has 12 N–H and O–H groups in total. The molecule has 0 aromatic heterocycles. The van der Waals surface area contributed by atoms with Gasteiger partial charge in [0.25, 0.3) is 0 Å². The van der Waals surface area contributed by atoms with Gasteiger partial charge in [0.2, 0.25) is 0 Å². The van der Waals surface area contributed by atoms with Gasteiger partial charge in [-0.2, -0.15) is 0 Å². The zero-order valence-electron chi connectivity index (χ0n) is 11.3. The largest absolute Gasteiger partial charge is 0.480 e. The third kappa shape index (κ3) is 8.39. The number of rotatable bonds is 7. The highest BCUT2D eigenvalue weighted by molar-refractivity contribution is 7.88. The SMILES string of the molecule is NC(P(=O)(O)O)(P(=O)(O)O)P(=O)(O)O.O=C(O)CNCP(=O)(O)O. The molecule has 0 aliphatic heterocycles. The van der Waals surface area contributed by atoms with Gasteiger partial charge < -0.3 is 44.3 Å². The molecule has 0 atom stereocenters. The van der Waals surface area contributed by atoms with Crippen LogP contribution in [0.15, 0.2) is 0 Å². The first-order chi connectivity index (χ1) is 10.2. The first-order valence-electron chi connectivity index (χ1n) is 5.09. The molecule has 0 aliphatic rings. The average molecular weight is 440 g/mol. The third-order valence-electron chi connectivity index (χ3n) is 1.88. The van der Waals surface area contributed by atoms with Crippen molar-refractivity contribution in [3.05, 3.63) is 0 Å². The molecule has 0 saturated heterocycles. The van der Waals surface area contributed by atoms with Crippen LogP contribution in [0.4, 0.5) is 0 Å². The maximum atomic E-state index is 10.5. The van der Waals surface area contributed by atoms with Gasteiger partial charge in [0.1, 0.15) is 0 Å². The van der Waals surface area contributed by atoms with Gasteiger partial charge in [-0.1, -0.05) is 0 Å². The van der Waals surface area contributed by atoms with Crippen molar-refractivity contribution in [3.8, 4) is 0 Å². The van der Waals surface area contributed by atoms with E-state index < -0.39 is 53.9 Å². The minimum Gasteiger partial charge on any atom is -0.480 e. The first-order valence-corrected chi connectivity index (χ1v) is 11.7. The van der Waals surface area contributed by atoms with Crippen LogP contribution in [0.5, 0.6) is 0 Å². The predicted molar refractivity (Wildman–Crippen MR) is 75.6 cm³/mol. The van der Waals surface area contributed by atoms with Gasteiger partial charge in [-0.25, -0.2) is 0 Å². The Labute approximate surface area is 133 Å². The van der Waals surface area contributed by atoms with E-state index in [2.05, 4.69) is 11.1 Å². The smallest absolute Gasteiger partial charge is 0.370 e. The number of carbonyl (C=O) groups is 1. The van der Waals surface area contributed by atoms with Crippen molar-refractivity contribution < 1.29 is 67.3 Å². The molecule has 0 heterocycles. The lowest BCUT2D eigenvalue weighted by atomic mass is 10.7. The van der Waals surface area contributed by atoms with Gasteiger partial charge in [0.15, 0.2) is 0 Å². The van der Waals surface area contributed by atoms with E-state index in [1.165, 1.54) is 0 Å². The van der Waals surface area contributed by atoms with Crippen LogP contribution in [0.25, 0.3) is 0 Å². The highest BCUT2D eigenvalue weighted by atomic mass is 31.3. The summed E-state index contributed by atoms with van der Waals surface area (Å²) < 4.78 is 37.5. The maximum absolute atomic E-state index is 10.5. The Morgan fingerprint density at radius 1 is 0.833 bits per heavy atom. The zero-order chi connectivity index (χ0) is 20.2. The number of nitrogens with two attached hydrogens (primary N) is 1. The van der Waals surface area contributed by atoms with Gasteiger partial charge in [-0.15, -0.1) is 0 Å². The molecule has 0 bridgehead atoms. The van der Waals surface area contributed by atoms with Gasteiger partial charge in [-0.3, -0.25) is 34.1 Å². The number of hydrogen-bond donors (Lipinski definition) is 11. The number of nitrogens with one attached hydrogen (secondary N) is 1. The van der Waals surface area contributed by atoms with Gasteiger partial charge >= 0.3 is 41.1 Å². The molecule has 0 spiro atoms. The molecule has 0 fully saturated rings. The summed E-state index contributed by atoms with van der Waals surface area (Å²) in [5, 5.41) is 10.1. The fourth-order valence-electron chi connectivity index (χ4n) is 0.818. The molecular weight excluding hydrogens is 424 g/mol. The Hall–Kier alpha value is -0.0100. The monoisotopic (exact) mass is 440 g/mol. The van der Waals surface area contributed by atoms with Crippen LogP contribution in [0.1, 0.15) is 0 Å². The average Bonchev–Trinajstić information content (AvgIpc) is 2.21. The second kappa shape index (κ2) is 8.58. The molecule has 0 aliphatic carbocycles. The molecule has 0 aromatic rings. The lowest BCUT2D eigenvalue weighted by Crippen LogP contribution is -2.38. The maximum Gasteiger partial charge on any atom is 0.370 e. The summed E-state index contributed by atoms with van der Waals surface area (Å²) in [4.78, 5) is 76.6. The molecule has 0 radical (unpaired) electrons. The minimum atomic E-state index is -5.88. The Morgan fingerprint density at radius 2 is 1.12 bits per heavy atom. The quantitative estimate of drug-likeness (QED) is 0.174. The summed E-state index contributed by atoms with van der Waals surface area (Å²) in [5.74, 6) is -1.14. The Bertz CT molecular complexity index is 566. The number of carboxylic acids is 1. The van der Waals surface area contributed by atoms with Crippen LogP contribution < -0.4 is 11.1 Å². The summed E-state index contributed by atoms with van der Waals surface area (Å²) in [5.41, 5.74) is 4.44. The standard InChI is InChI=1S/C3H8NO5P.CH8NO9P3/c5-3(6)1-4-2-10(7,8)9;2-1(12(3,4)5,13(6,7)8)14(9,10)11/h4H,1-2H2,(H,5,6)(H2,7,8,9);2H2,(H2,3,4,5)(H2,6,7,8)(H2,9,10,11). The van der Waals surface area contributed by atoms with E-state index in [1.807, 2.05) is 0 Å². The topological polar surface area (TPSA) is 305 Å². The van der Waals surface area contributed by atoms with E-state index in [1.54, 1.807) is 0 Å². The molecule has 20 heteroatoms. The number of aliphatic carboxylic acids is 1. The summed E-state index contributed by atoms with van der Waals surface area (Å²) in [6.45, 7) is -0.439. The van der Waals surface area contributed by atoms with Crippen LogP contribution in [0.2, 0.25) is 0 Å². The van der Waals surface area contributed by atoms with Crippen LogP contribution in [0, 0.1) is 0 Å². The van der Waals surface area contributed by atoms with Gasteiger partial charge in [0, 0.05) is 0 Å². The molecule has 146 valence electrons. The van der Waals surface area contributed by atoms with Crippen molar-refractivity contribution in [2.75, 3.05) is 12.8 Å². The highest BCUT2D eigenvalue weighted by Gasteiger charge is 2.69. The van der Waals surface area contributed by atoms with Crippen molar-refractivity contribution in [3.63, 3.8) is 0 Å². The predicted octanol–water partition coefficient (Wildman–Crippen LogP) is -3.11. The van der Waals surface area contributed by atoms with E-state index in [0.29, 0.717) is 0 Å². The Balaban J connectivity index is 0. The molecule has 0 unspecified atom stereocenters. The Kier molecular flexibility index (Phi) is 9.38. The van der Waals surface area contributed by atoms with Crippen molar-refractivity contribution in [2.24, 2.45) is 5.73 Å². The van der Waals surface area contributed by atoms with Crippen LogP contribution in [0.3, 0.4) is 0 Å². The zero-order valence-corrected chi connectivity index (χ0v) is 14.9. The highest BCUT2D eigenvalue weighted by Crippen LogP contribution is 2.79. The first kappa shape index (κ1) is 26.2. The summed E-state index contributed by atoms with van der Waals surface area (Å²) in [6, 6.07) is 0. The molecule has 0 rings (SSSR count). The lowest BCUT2D eigenvalue weighted by Gasteiger charge is -2.30. The normalized spacial score (nSPS) is 13.9. The van der Waals surface area contributed by atoms with E-state index in [9.17, 15) is 23.1 Å². The number of carboxylic acid groups (broad SMARTS) is 1.